The van der Waals surface area contributed by atoms with E-state index in [1.807, 2.05) is 6.07 Å². The molecule has 0 saturated carbocycles. The first-order valence-electron chi connectivity index (χ1n) is 10.6. The minimum Gasteiger partial charge on any atom is -0.497 e. The van der Waals surface area contributed by atoms with Gasteiger partial charge >= 0.3 is 6.09 Å². The molecule has 10 heteroatoms. The molecular formula is C24H23F2N3O5. The third kappa shape index (κ3) is 5.00. The van der Waals surface area contributed by atoms with E-state index in [1.54, 1.807) is 31.2 Å². The number of oxazole rings is 1. The molecule has 2 aromatic carbocycles. The van der Waals surface area contributed by atoms with Crippen molar-refractivity contribution < 1.29 is 32.3 Å². The molecule has 1 aliphatic heterocycles. The van der Waals surface area contributed by atoms with Crippen molar-refractivity contribution >= 4 is 12.0 Å². The lowest BCUT2D eigenvalue weighted by atomic mass is 9.93. The molecule has 0 unspecified atom stereocenters. The summed E-state index contributed by atoms with van der Waals surface area (Å²) in [6.45, 7) is 1.60. The van der Waals surface area contributed by atoms with Gasteiger partial charge in [-0.05, 0) is 12.5 Å². The van der Waals surface area contributed by atoms with Gasteiger partial charge in [-0.2, -0.15) is 0 Å². The van der Waals surface area contributed by atoms with Crippen molar-refractivity contribution in [2.75, 3.05) is 13.7 Å². The molecule has 1 N–H and O–H groups in total. The van der Waals surface area contributed by atoms with Crippen LogP contribution in [-0.4, -0.2) is 41.6 Å². The Kier molecular flexibility index (Phi) is 6.76. The molecule has 2 atom stereocenters. The quantitative estimate of drug-likeness (QED) is 0.565. The SMILES string of the molecule is COc1cc(F)c([C@@H]2CN(Cc3ncc(C)o3)C(=O)[C@H]2NC(=O)OCc2ccccc2)c(F)c1. The number of nitrogens with one attached hydrogen (secondary N) is 1. The zero-order valence-corrected chi connectivity index (χ0v) is 18.6. The van der Waals surface area contributed by atoms with Crippen LogP contribution in [0.25, 0.3) is 0 Å². The van der Waals surface area contributed by atoms with E-state index in [4.69, 9.17) is 13.9 Å². The summed E-state index contributed by atoms with van der Waals surface area (Å²) < 4.78 is 45.3. The van der Waals surface area contributed by atoms with E-state index in [-0.39, 0.29) is 36.9 Å². The van der Waals surface area contributed by atoms with E-state index in [0.29, 0.717) is 5.76 Å². The number of aromatic nitrogens is 1. The number of hydrogen-bond acceptors (Lipinski definition) is 6. The number of methoxy groups -OCH3 is 1. The summed E-state index contributed by atoms with van der Waals surface area (Å²) in [6, 6.07) is 9.79. The highest BCUT2D eigenvalue weighted by Crippen LogP contribution is 2.35. The van der Waals surface area contributed by atoms with E-state index in [2.05, 4.69) is 10.3 Å². The van der Waals surface area contributed by atoms with Crippen molar-refractivity contribution in [2.45, 2.75) is 32.0 Å². The fraction of sp³-hybridized carbons (Fsp3) is 0.292. The summed E-state index contributed by atoms with van der Waals surface area (Å²) in [4.78, 5) is 31.1. The van der Waals surface area contributed by atoms with E-state index >= 15 is 0 Å². The number of aryl methyl sites for hydroxylation is 1. The molecule has 1 saturated heterocycles. The molecule has 3 aromatic rings. The topological polar surface area (TPSA) is 93.9 Å². The van der Waals surface area contributed by atoms with Crippen molar-refractivity contribution in [3.05, 3.63) is 83.1 Å². The monoisotopic (exact) mass is 471 g/mol. The average molecular weight is 471 g/mol. The van der Waals surface area contributed by atoms with Crippen LogP contribution in [0.15, 0.2) is 53.1 Å². The van der Waals surface area contributed by atoms with Crippen molar-refractivity contribution in [1.82, 2.24) is 15.2 Å². The van der Waals surface area contributed by atoms with Crippen LogP contribution in [0.2, 0.25) is 0 Å². The van der Waals surface area contributed by atoms with E-state index < -0.39 is 35.6 Å². The molecule has 0 spiro atoms. The van der Waals surface area contributed by atoms with Gasteiger partial charge in [0.1, 0.15) is 35.8 Å². The Balaban J connectivity index is 1.57. The van der Waals surface area contributed by atoms with Gasteiger partial charge < -0.3 is 24.1 Å². The standard InChI is InChI=1S/C24H23F2N3O5/c1-14-10-27-20(34-14)12-29-11-17(21-18(25)8-16(32-2)9-19(21)26)22(23(29)30)28-24(31)33-13-15-6-4-3-5-7-15/h3-10,17,22H,11-13H2,1-2H3,(H,28,31)/t17-,22-/m0/s1. The zero-order chi connectivity index (χ0) is 24.2. The summed E-state index contributed by atoms with van der Waals surface area (Å²) in [5.74, 6) is -2.48. The van der Waals surface area contributed by atoms with Gasteiger partial charge in [0.15, 0.2) is 0 Å². The summed E-state index contributed by atoms with van der Waals surface area (Å²) in [7, 11) is 1.29. The van der Waals surface area contributed by atoms with E-state index in [9.17, 15) is 18.4 Å². The highest BCUT2D eigenvalue weighted by molar-refractivity contribution is 5.89. The predicted molar refractivity (Wildman–Crippen MR) is 116 cm³/mol. The lowest BCUT2D eigenvalue weighted by molar-refractivity contribution is -0.130. The molecule has 4 rings (SSSR count). The first kappa shape index (κ1) is 23.2. The minimum atomic E-state index is -1.25. The predicted octanol–water partition coefficient (Wildman–Crippen LogP) is 3.69. The van der Waals surface area contributed by atoms with Crippen LogP contribution in [0.1, 0.15) is 28.7 Å². The lowest BCUT2D eigenvalue weighted by Crippen LogP contribution is -2.44. The lowest BCUT2D eigenvalue weighted by Gasteiger charge is -2.20. The molecule has 1 aromatic heterocycles. The molecule has 8 nitrogen and oxygen atoms in total. The van der Waals surface area contributed by atoms with E-state index in [1.165, 1.54) is 18.2 Å². The molecular weight excluding hydrogens is 448 g/mol. The van der Waals surface area contributed by atoms with Crippen LogP contribution >= 0.6 is 0 Å². The van der Waals surface area contributed by atoms with Gasteiger partial charge in [0, 0.05) is 30.2 Å². The average Bonchev–Trinajstić information content (AvgIpc) is 3.36. The molecule has 1 fully saturated rings. The Morgan fingerprint density at radius 2 is 1.94 bits per heavy atom. The van der Waals surface area contributed by atoms with E-state index in [0.717, 1.165) is 17.7 Å². The summed E-state index contributed by atoms with van der Waals surface area (Å²) in [5, 5.41) is 2.48. The Hall–Kier alpha value is -3.95. The number of halogens is 2. The van der Waals surface area contributed by atoms with Crippen molar-refractivity contribution in [3.8, 4) is 5.75 Å². The molecule has 34 heavy (non-hydrogen) atoms. The second-order valence-electron chi connectivity index (χ2n) is 7.88. The molecule has 0 aliphatic carbocycles. The maximum Gasteiger partial charge on any atom is 0.408 e. The first-order chi connectivity index (χ1) is 16.4. The zero-order valence-electron chi connectivity index (χ0n) is 18.6. The van der Waals surface area contributed by atoms with Gasteiger partial charge in [-0.15, -0.1) is 0 Å². The summed E-state index contributed by atoms with van der Waals surface area (Å²) >= 11 is 0. The fourth-order valence-electron chi connectivity index (χ4n) is 3.93. The first-order valence-corrected chi connectivity index (χ1v) is 10.6. The number of hydrogen-bond donors (Lipinski definition) is 1. The second-order valence-corrected chi connectivity index (χ2v) is 7.88. The Morgan fingerprint density at radius 3 is 2.56 bits per heavy atom. The molecule has 0 radical (unpaired) electrons. The Bertz CT molecular complexity index is 1160. The van der Waals surface area contributed by atoms with Gasteiger partial charge in [0.25, 0.3) is 0 Å². The van der Waals surface area contributed by atoms with Crippen LogP contribution in [0.4, 0.5) is 13.6 Å². The second kappa shape index (κ2) is 9.90. The highest BCUT2D eigenvalue weighted by Gasteiger charge is 2.45. The number of rotatable bonds is 7. The van der Waals surface area contributed by atoms with Gasteiger partial charge in [0.05, 0.1) is 19.9 Å². The largest absolute Gasteiger partial charge is 0.497 e. The van der Waals surface area contributed by atoms with Crippen molar-refractivity contribution in [1.29, 1.82) is 0 Å². The maximum absolute atomic E-state index is 14.9. The van der Waals surface area contributed by atoms with Crippen LogP contribution in [-0.2, 0) is 22.7 Å². The number of ether oxygens (including phenoxy) is 2. The normalized spacial score (nSPS) is 17.6. The fourth-order valence-corrected chi connectivity index (χ4v) is 3.93. The number of carbonyl (C=O) groups is 2. The summed E-state index contributed by atoms with van der Waals surface area (Å²) in [6.07, 6.45) is 0.627. The minimum absolute atomic E-state index is 0.00182. The molecule has 0 bridgehead atoms. The van der Waals surface area contributed by atoms with Crippen LogP contribution < -0.4 is 10.1 Å². The van der Waals surface area contributed by atoms with Crippen molar-refractivity contribution in [2.24, 2.45) is 0 Å². The number of amides is 2. The Morgan fingerprint density at radius 1 is 1.24 bits per heavy atom. The third-order valence-corrected chi connectivity index (χ3v) is 5.54. The molecule has 178 valence electrons. The van der Waals surface area contributed by atoms with Crippen LogP contribution in [0.3, 0.4) is 0 Å². The van der Waals surface area contributed by atoms with Gasteiger partial charge in [0.2, 0.25) is 11.8 Å². The number of likely N-dealkylation sites (tertiary alicyclic amines) is 1. The van der Waals surface area contributed by atoms with Gasteiger partial charge in [-0.1, -0.05) is 30.3 Å². The number of nitrogens with zero attached hydrogens (tertiary/aromatic N) is 2. The molecule has 2 amide bonds. The molecule has 1 aliphatic rings. The third-order valence-electron chi connectivity index (χ3n) is 5.54. The highest BCUT2D eigenvalue weighted by atomic mass is 19.1. The number of benzene rings is 2. The number of alkyl carbamates (subject to hydrolysis) is 1. The van der Waals surface area contributed by atoms with Crippen LogP contribution in [0.5, 0.6) is 5.75 Å². The summed E-state index contributed by atoms with van der Waals surface area (Å²) in [5.41, 5.74) is 0.425. The smallest absolute Gasteiger partial charge is 0.408 e. The van der Waals surface area contributed by atoms with Crippen molar-refractivity contribution in [3.63, 3.8) is 0 Å². The molecule has 2 heterocycles. The maximum atomic E-state index is 14.9. The van der Waals surface area contributed by atoms with Crippen LogP contribution in [0, 0.1) is 18.6 Å². The number of carbonyl (C=O) groups excluding carboxylic acids is 2. The van der Waals surface area contributed by atoms with Gasteiger partial charge in [-0.25, -0.2) is 18.6 Å². The Labute approximate surface area is 194 Å². The van der Waals surface area contributed by atoms with Gasteiger partial charge in [-0.3, -0.25) is 4.79 Å².